The highest BCUT2D eigenvalue weighted by Crippen LogP contribution is 2.30. The lowest BCUT2D eigenvalue weighted by molar-refractivity contribution is -0.384. The van der Waals surface area contributed by atoms with Crippen molar-refractivity contribution in [3.05, 3.63) is 33.9 Å². The van der Waals surface area contributed by atoms with Crippen molar-refractivity contribution in [3.8, 4) is 0 Å². The van der Waals surface area contributed by atoms with E-state index < -0.39 is 4.92 Å². The molecule has 1 unspecified atom stereocenters. The van der Waals surface area contributed by atoms with Gasteiger partial charge < -0.3 is 14.7 Å². The summed E-state index contributed by atoms with van der Waals surface area (Å²) < 4.78 is 5.12. The number of hydrogen-bond donors (Lipinski definition) is 1. The van der Waals surface area contributed by atoms with Gasteiger partial charge in [-0.25, -0.2) is 0 Å². The first kappa shape index (κ1) is 13.8. The third-order valence-electron chi connectivity index (χ3n) is 3.46. The Balaban J connectivity index is 2.26. The molecule has 1 aliphatic rings. The molecule has 0 bridgehead atoms. The molecule has 1 heterocycles. The molecule has 1 aromatic carbocycles. The van der Waals surface area contributed by atoms with Gasteiger partial charge in [0.2, 0.25) is 0 Å². The standard InChI is InChI=1S/C13H18N2O4/c1-19-9-11-6-12(15(17)18)2-3-13(11)14-5-4-10(7-14)8-16/h2-3,6,10,16H,4-5,7-9H2,1H3. The normalized spacial score (nSPS) is 18.8. The fraction of sp³-hybridized carbons (Fsp3) is 0.538. The first-order chi connectivity index (χ1) is 9.15. The first-order valence-electron chi connectivity index (χ1n) is 6.27. The molecule has 1 aromatic rings. The van der Waals surface area contributed by atoms with Gasteiger partial charge in [-0.2, -0.15) is 0 Å². The Hall–Kier alpha value is -1.66. The second kappa shape index (κ2) is 5.99. The van der Waals surface area contributed by atoms with E-state index in [1.54, 1.807) is 19.2 Å². The van der Waals surface area contributed by atoms with E-state index in [1.165, 1.54) is 6.07 Å². The van der Waals surface area contributed by atoms with E-state index in [-0.39, 0.29) is 18.2 Å². The van der Waals surface area contributed by atoms with E-state index in [1.807, 2.05) is 0 Å². The number of non-ortho nitro benzene ring substituents is 1. The molecule has 1 aliphatic heterocycles. The summed E-state index contributed by atoms with van der Waals surface area (Å²) in [6, 6.07) is 4.85. The minimum atomic E-state index is -0.399. The number of rotatable bonds is 5. The van der Waals surface area contributed by atoms with Crippen molar-refractivity contribution in [1.29, 1.82) is 0 Å². The van der Waals surface area contributed by atoms with Crippen molar-refractivity contribution in [2.24, 2.45) is 5.92 Å². The fourth-order valence-corrected chi connectivity index (χ4v) is 2.47. The summed E-state index contributed by atoms with van der Waals surface area (Å²) in [5.74, 6) is 0.283. The summed E-state index contributed by atoms with van der Waals surface area (Å²) in [4.78, 5) is 12.6. The highest BCUT2D eigenvalue weighted by molar-refractivity contribution is 5.58. The molecule has 0 aromatic heterocycles. The monoisotopic (exact) mass is 266 g/mol. The van der Waals surface area contributed by atoms with E-state index >= 15 is 0 Å². The van der Waals surface area contributed by atoms with Crippen molar-refractivity contribution in [2.75, 3.05) is 31.7 Å². The Kier molecular flexibility index (Phi) is 4.34. The molecule has 0 saturated carbocycles. The van der Waals surface area contributed by atoms with Crippen LogP contribution in [-0.2, 0) is 11.3 Å². The SMILES string of the molecule is COCc1cc([N+](=O)[O-])ccc1N1CCC(CO)C1. The summed E-state index contributed by atoms with van der Waals surface area (Å²) >= 11 is 0. The Bertz CT molecular complexity index is 464. The number of hydrogen-bond acceptors (Lipinski definition) is 5. The summed E-state index contributed by atoms with van der Waals surface area (Å²) in [6.07, 6.45) is 0.944. The molecule has 19 heavy (non-hydrogen) atoms. The van der Waals surface area contributed by atoms with Gasteiger partial charge in [-0.1, -0.05) is 0 Å². The highest BCUT2D eigenvalue weighted by atomic mass is 16.6. The van der Waals surface area contributed by atoms with Crippen LogP contribution in [0.2, 0.25) is 0 Å². The lowest BCUT2D eigenvalue weighted by atomic mass is 10.1. The number of ether oxygens (including phenoxy) is 1. The van der Waals surface area contributed by atoms with Crippen LogP contribution in [0.1, 0.15) is 12.0 Å². The van der Waals surface area contributed by atoms with Crippen LogP contribution in [0.25, 0.3) is 0 Å². The molecular formula is C13H18N2O4. The van der Waals surface area contributed by atoms with Gasteiger partial charge >= 0.3 is 0 Å². The van der Waals surface area contributed by atoms with Gasteiger partial charge in [0.15, 0.2) is 0 Å². The van der Waals surface area contributed by atoms with E-state index in [4.69, 9.17) is 4.74 Å². The quantitative estimate of drug-likeness (QED) is 0.646. The number of nitrogens with zero attached hydrogens (tertiary/aromatic N) is 2. The van der Waals surface area contributed by atoms with Crippen LogP contribution < -0.4 is 4.90 Å². The second-order valence-electron chi connectivity index (χ2n) is 4.79. The predicted octanol–water partition coefficient (Wildman–Crippen LogP) is 1.56. The third-order valence-corrected chi connectivity index (χ3v) is 3.46. The van der Waals surface area contributed by atoms with E-state index in [9.17, 15) is 15.2 Å². The van der Waals surface area contributed by atoms with Crippen LogP contribution in [0.4, 0.5) is 11.4 Å². The van der Waals surface area contributed by atoms with E-state index in [0.717, 1.165) is 30.8 Å². The Morgan fingerprint density at radius 2 is 2.37 bits per heavy atom. The minimum Gasteiger partial charge on any atom is -0.396 e. The molecule has 6 heteroatoms. The number of methoxy groups -OCH3 is 1. The third kappa shape index (κ3) is 3.02. The maximum absolute atomic E-state index is 10.8. The van der Waals surface area contributed by atoms with Gasteiger partial charge in [0.25, 0.3) is 5.69 Å². The van der Waals surface area contributed by atoms with Crippen LogP contribution in [0.15, 0.2) is 18.2 Å². The number of nitro groups is 1. The lowest BCUT2D eigenvalue weighted by Crippen LogP contribution is -2.22. The van der Waals surface area contributed by atoms with E-state index in [2.05, 4.69) is 4.90 Å². The van der Waals surface area contributed by atoms with Crippen LogP contribution >= 0.6 is 0 Å². The predicted molar refractivity (Wildman–Crippen MR) is 71.2 cm³/mol. The average Bonchev–Trinajstić information content (AvgIpc) is 2.87. The van der Waals surface area contributed by atoms with Crippen molar-refractivity contribution < 1.29 is 14.8 Å². The van der Waals surface area contributed by atoms with Gasteiger partial charge in [-0.05, 0) is 12.5 Å². The highest BCUT2D eigenvalue weighted by Gasteiger charge is 2.24. The van der Waals surface area contributed by atoms with Gasteiger partial charge in [0, 0.05) is 56.1 Å². The largest absolute Gasteiger partial charge is 0.396 e. The molecule has 1 atom stereocenters. The zero-order valence-corrected chi connectivity index (χ0v) is 10.9. The number of nitro benzene ring substituents is 1. The van der Waals surface area contributed by atoms with E-state index in [0.29, 0.717) is 6.61 Å². The van der Waals surface area contributed by atoms with Crippen molar-refractivity contribution >= 4 is 11.4 Å². The lowest BCUT2D eigenvalue weighted by Gasteiger charge is -2.21. The molecule has 0 aliphatic carbocycles. The Labute approximate surface area is 111 Å². The molecular weight excluding hydrogens is 248 g/mol. The summed E-state index contributed by atoms with van der Waals surface area (Å²) in [6.45, 7) is 2.17. The molecule has 0 amide bonds. The molecule has 1 saturated heterocycles. The minimum absolute atomic E-state index is 0.0775. The smallest absolute Gasteiger partial charge is 0.269 e. The van der Waals surface area contributed by atoms with Crippen LogP contribution in [-0.4, -0.2) is 36.8 Å². The molecule has 6 nitrogen and oxygen atoms in total. The Morgan fingerprint density at radius 3 is 2.95 bits per heavy atom. The number of anilines is 1. The molecule has 0 radical (unpaired) electrons. The molecule has 1 fully saturated rings. The van der Waals surface area contributed by atoms with Crippen LogP contribution in [0.3, 0.4) is 0 Å². The molecule has 1 N–H and O–H groups in total. The zero-order valence-electron chi connectivity index (χ0n) is 10.9. The number of aliphatic hydroxyl groups is 1. The topological polar surface area (TPSA) is 75.8 Å². The summed E-state index contributed by atoms with van der Waals surface area (Å²) in [5.41, 5.74) is 1.85. The maximum atomic E-state index is 10.8. The van der Waals surface area contributed by atoms with Gasteiger partial charge in [-0.15, -0.1) is 0 Å². The van der Waals surface area contributed by atoms with Crippen molar-refractivity contribution in [2.45, 2.75) is 13.0 Å². The second-order valence-corrected chi connectivity index (χ2v) is 4.79. The van der Waals surface area contributed by atoms with Crippen LogP contribution in [0.5, 0.6) is 0 Å². The van der Waals surface area contributed by atoms with Crippen molar-refractivity contribution in [3.63, 3.8) is 0 Å². The average molecular weight is 266 g/mol. The van der Waals surface area contributed by atoms with Crippen LogP contribution in [0, 0.1) is 16.0 Å². The summed E-state index contributed by atoms with van der Waals surface area (Å²) in [7, 11) is 1.57. The number of benzene rings is 1. The van der Waals surface area contributed by atoms with Crippen molar-refractivity contribution in [1.82, 2.24) is 0 Å². The van der Waals surface area contributed by atoms with Gasteiger partial charge in [-0.3, -0.25) is 10.1 Å². The van der Waals surface area contributed by atoms with Gasteiger partial charge in [0.1, 0.15) is 0 Å². The molecule has 0 spiro atoms. The number of aliphatic hydroxyl groups excluding tert-OH is 1. The fourth-order valence-electron chi connectivity index (χ4n) is 2.47. The Morgan fingerprint density at radius 1 is 1.58 bits per heavy atom. The van der Waals surface area contributed by atoms with Gasteiger partial charge in [0.05, 0.1) is 11.5 Å². The first-order valence-corrected chi connectivity index (χ1v) is 6.27. The molecule has 2 rings (SSSR count). The maximum Gasteiger partial charge on any atom is 0.269 e. The summed E-state index contributed by atoms with van der Waals surface area (Å²) in [5, 5.41) is 20.0. The molecule has 104 valence electrons. The zero-order chi connectivity index (χ0) is 13.8.